The van der Waals surface area contributed by atoms with Crippen molar-refractivity contribution in [3.05, 3.63) is 42.0 Å². The van der Waals surface area contributed by atoms with Gasteiger partial charge < -0.3 is 9.64 Å². The van der Waals surface area contributed by atoms with Crippen LogP contribution >= 0.6 is 0 Å². The molecule has 1 saturated heterocycles. The normalized spacial score (nSPS) is 24.7. The molecule has 26 heavy (non-hydrogen) atoms. The number of Topliss-reactive ketones (excluding diaryl/α,β-unsaturated/α-hetero) is 1. The van der Waals surface area contributed by atoms with E-state index in [-0.39, 0.29) is 5.92 Å². The second kappa shape index (κ2) is 6.09. The van der Waals surface area contributed by atoms with Crippen LogP contribution in [0.5, 0.6) is 5.75 Å². The Morgan fingerprint density at radius 3 is 2.62 bits per heavy atom. The molecule has 136 valence electrons. The molecule has 0 aromatic heterocycles. The van der Waals surface area contributed by atoms with Gasteiger partial charge in [-0.1, -0.05) is 18.2 Å². The first-order chi connectivity index (χ1) is 12.7. The zero-order valence-corrected chi connectivity index (χ0v) is 15.5. The lowest BCUT2D eigenvalue weighted by Gasteiger charge is -2.38. The number of carbonyl (C=O) groups is 1. The molecule has 1 spiro atoms. The smallest absolute Gasteiger partial charge is 0.167 e. The molecule has 0 unspecified atom stereocenters. The number of nitrogens with zero attached hydrogens (tertiary/aromatic N) is 1. The summed E-state index contributed by atoms with van der Waals surface area (Å²) < 4.78 is 5.31. The molecule has 2 aromatic carbocycles. The monoisotopic (exact) mass is 349 g/mol. The van der Waals surface area contributed by atoms with Gasteiger partial charge >= 0.3 is 0 Å². The molecule has 3 nitrogen and oxygen atoms in total. The Balaban J connectivity index is 1.41. The van der Waals surface area contributed by atoms with Gasteiger partial charge in [0.05, 0.1) is 7.11 Å². The maximum atomic E-state index is 13.4. The van der Waals surface area contributed by atoms with Crippen LogP contribution in [-0.4, -0.2) is 37.4 Å². The zero-order valence-electron chi connectivity index (χ0n) is 15.5. The van der Waals surface area contributed by atoms with E-state index in [9.17, 15) is 4.79 Å². The van der Waals surface area contributed by atoms with Crippen LogP contribution in [0.2, 0.25) is 0 Å². The number of methoxy groups -OCH3 is 1. The standard InChI is InChI=1S/C23H27NO2/c1-26-20-7-6-17-12-19(5-4-18(17)13-20)22(25)21-15-24(14-16-2-3-16)11-10-23(21)8-9-23/h4-7,12-13,16,21H,2-3,8-11,14-15H2,1H3/t21-/m1/s1. The number of hydrogen-bond acceptors (Lipinski definition) is 3. The van der Waals surface area contributed by atoms with E-state index in [1.54, 1.807) is 7.11 Å². The molecule has 0 bridgehead atoms. The number of ketones is 1. The van der Waals surface area contributed by atoms with Gasteiger partial charge in [0.15, 0.2) is 5.78 Å². The number of ether oxygens (including phenoxy) is 1. The Bertz CT molecular complexity index is 850. The van der Waals surface area contributed by atoms with E-state index in [1.807, 2.05) is 18.2 Å². The Morgan fingerprint density at radius 2 is 1.88 bits per heavy atom. The summed E-state index contributed by atoms with van der Waals surface area (Å²) in [5.41, 5.74) is 1.19. The fourth-order valence-electron chi connectivity index (χ4n) is 4.75. The first-order valence-corrected chi connectivity index (χ1v) is 10.0. The van der Waals surface area contributed by atoms with Crippen molar-refractivity contribution >= 4 is 16.6 Å². The SMILES string of the molecule is COc1ccc2cc(C(=O)[C@H]3CN(CC4CC4)CCC34CC4)ccc2c1. The molecule has 1 aliphatic heterocycles. The summed E-state index contributed by atoms with van der Waals surface area (Å²) in [7, 11) is 1.69. The van der Waals surface area contributed by atoms with Crippen LogP contribution < -0.4 is 4.74 Å². The molecular weight excluding hydrogens is 322 g/mol. The summed E-state index contributed by atoms with van der Waals surface area (Å²) in [6.45, 7) is 3.37. The van der Waals surface area contributed by atoms with E-state index in [1.165, 1.54) is 45.2 Å². The van der Waals surface area contributed by atoms with Crippen LogP contribution in [0.25, 0.3) is 10.8 Å². The lowest BCUT2D eigenvalue weighted by Crippen LogP contribution is -2.45. The van der Waals surface area contributed by atoms with Crippen LogP contribution in [0.3, 0.4) is 0 Å². The van der Waals surface area contributed by atoms with Gasteiger partial charge in [-0.05, 0) is 79.0 Å². The van der Waals surface area contributed by atoms with Crippen molar-refractivity contribution in [2.75, 3.05) is 26.7 Å². The highest BCUT2D eigenvalue weighted by molar-refractivity contribution is 6.02. The first-order valence-electron chi connectivity index (χ1n) is 10.0. The highest BCUT2D eigenvalue weighted by Gasteiger charge is 2.54. The van der Waals surface area contributed by atoms with Gasteiger partial charge in [0, 0.05) is 24.6 Å². The van der Waals surface area contributed by atoms with Gasteiger partial charge in [-0.25, -0.2) is 0 Å². The van der Waals surface area contributed by atoms with Crippen molar-refractivity contribution in [3.8, 4) is 5.75 Å². The number of fused-ring (bicyclic) bond motifs is 1. The van der Waals surface area contributed by atoms with Crippen LogP contribution in [0.1, 0.15) is 42.5 Å². The number of benzene rings is 2. The minimum atomic E-state index is 0.186. The lowest BCUT2D eigenvalue weighted by molar-refractivity contribution is 0.0635. The maximum absolute atomic E-state index is 13.4. The highest BCUT2D eigenvalue weighted by atomic mass is 16.5. The molecule has 3 heteroatoms. The van der Waals surface area contributed by atoms with Crippen LogP contribution in [0.15, 0.2) is 36.4 Å². The molecule has 2 saturated carbocycles. The quantitative estimate of drug-likeness (QED) is 0.742. The molecule has 2 aromatic rings. The summed E-state index contributed by atoms with van der Waals surface area (Å²) in [6.07, 6.45) is 6.46. The second-order valence-corrected chi connectivity index (χ2v) is 8.66. The molecule has 0 amide bonds. The minimum absolute atomic E-state index is 0.186. The van der Waals surface area contributed by atoms with Gasteiger partial charge in [-0.3, -0.25) is 4.79 Å². The Labute approximate surface area is 155 Å². The molecule has 2 aliphatic carbocycles. The molecule has 0 radical (unpaired) electrons. The van der Waals surface area contributed by atoms with E-state index < -0.39 is 0 Å². The third kappa shape index (κ3) is 2.92. The van der Waals surface area contributed by atoms with Gasteiger partial charge in [0.2, 0.25) is 0 Å². The second-order valence-electron chi connectivity index (χ2n) is 8.66. The molecule has 5 rings (SSSR count). The van der Waals surface area contributed by atoms with E-state index in [4.69, 9.17) is 4.74 Å². The zero-order chi connectivity index (χ0) is 17.7. The van der Waals surface area contributed by atoms with E-state index in [0.717, 1.165) is 34.5 Å². The Kier molecular flexibility index (Phi) is 3.82. The van der Waals surface area contributed by atoms with Gasteiger partial charge in [0.25, 0.3) is 0 Å². The number of hydrogen-bond donors (Lipinski definition) is 0. The van der Waals surface area contributed by atoms with Crippen LogP contribution in [0.4, 0.5) is 0 Å². The third-order valence-electron chi connectivity index (χ3n) is 6.86. The van der Waals surface area contributed by atoms with Crippen molar-refractivity contribution in [1.82, 2.24) is 4.90 Å². The van der Waals surface area contributed by atoms with Crippen molar-refractivity contribution < 1.29 is 9.53 Å². The van der Waals surface area contributed by atoms with Gasteiger partial charge in [-0.2, -0.15) is 0 Å². The third-order valence-corrected chi connectivity index (χ3v) is 6.86. The topological polar surface area (TPSA) is 29.5 Å². The Morgan fingerprint density at radius 1 is 1.12 bits per heavy atom. The van der Waals surface area contributed by atoms with Crippen molar-refractivity contribution in [3.63, 3.8) is 0 Å². The number of rotatable bonds is 5. The minimum Gasteiger partial charge on any atom is -0.497 e. The number of piperidine rings is 1. The van der Waals surface area contributed by atoms with E-state index in [2.05, 4.69) is 23.1 Å². The lowest BCUT2D eigenvalue weighted by atomic mass is 9.77. The number of carbonyl (C=O) groups excluding carboxylic acids is 1. The highest BCUT2D eigenvalue weighted by Crippen LogP contribution is 2.58. The van der Waals surface area contributed by atoms with Crippen molar-refractivity contribution in [2.24, 2.45) is 17.3 Å². The summed E-state index contributed by atoms with van der Waals surface area (Å²) in [5, 5.41) is 2.24. The molecule has 1 heterocycles. The number of likely N-dealkylation sites (tertiary alicyclic amines) is 1. The molecular formula is C23H27NO2. The van der Waals surface area contributed by atoms with E-state index >= 15 is 0 Å². The predicted octanol–water partition coefficient (Wildman–Crippen LogP) is 4.54. The maximum Gasteiger partial charge on any atom is 0.167 e. The predicted molar refractivity (Wildman–Crippen MR) is 104 cm³/mol. The largest absolute Gasteiger partial charge is 0.497 e. The van der Waals surface area contributed by atoms with Crippen molar-refractivity contribution in [1.29, 1.82) is 0 Å². The summed E-state index contributed by atoms with van der Waals surface area (Å²) in [5.74, 6) is 2.30. The van der Waals surface area contributed by atoms with Crippen LogP contribution in [0, 0.1) is 17.3 Å². The van der Waals surface area contributed by atoms with E-state index in [0.29, 0.717) is 11.2 Å². The summed E-state index contributed by atoms with van der Waals surface area (Å²) >= 11 is 0. The molecule has 1 atom stereocenters. The fourth-order valence-corrected chi connectivity index (χ4v) is 4.75. The fraction of sp³-hybridized carbons (Fsp3) is 0.522. The summed E-state index contributed by atoms with van der Waals surface area (Å²) in [6, 6.07) is 12.2. The molecule has 3 fully saturated rings. The molecule has 0 N–H and O–H groups in total. The Hall–Kier alpha value is -1.87. The average molecular weight is 349 g/mol. The van der Waals surface area contributed by atoms with Crippen molar-refractivity contribution in [2.45, 2.75) is 32.1 Å². The van der Waals surface area contributed by atoms with Crippen LogP contribution in [-0.2, 0) is 0 Å². The first kappa shape index (κ1) is 16.3. The van der Waals surface area contributed by atoms with Gasteiger partial charge in [-0.15, -0.1) is 0 Å². The van der Waals surface area contributed by atoms with Gasteiger partial charge in [0.1, 0.15) is 5.75 Å². The summed E-state index contributed by atoms with van der Waals surface area (Å²) in [4.78, 5) is 16.0. The average Bonchev–Trinajstić information content (AvgIpc) is 3.60. The molecule has 3 aliphatic rings.